The smallest absolute Gasteiger partial charge is 0.0206 e. The summed E-state index contributed by atoms with van der Waals surface area (Å²) in [4.78, 5) is 2.56. The van der Waals surface area contributed by atoms with E-state index in [1.807, 2.05) is 0 Å². The minimum Gasteiger partial charge on any atom is -0.304 e. The highest BCUT2D eigenvalue weighted by Crippen LogP contribution is 2.42. The molecule has 0 unspecified atom stereocenters. The van der Waals surface area contributed by atoms with E-state index in [1.165, 1.54) is 64.2 Å². The summed E-state index contributed by atoms with van der Waals surface area (Å²) in [7, 11) is 4.64. The molecule has 2 rings (SSSR count). The molecule has 1 nitrogen and oxygen atoms in total. The van der Waals surface area contributed by atoms with Crippen molar-refractivity contribution in [2.45, 2.75) is 76.7 Å². The van der Waals surface area contributed by atoms with E-state index in [4.69, 9.17) is 0 Å². The van der Waals surface area contributed by atoms with Crippen molar-refractivity contribution < 1.29 is 0 Å². The average molecular weight is 237 g/mol. The third-order valence-corrected chi connectivity index (χ3v) is 5.55. The lowest BCUT2D eigenvalue weighted by Gasteiger charge is -2.47. The molecule has 1 heteroatoms. The molecule has 2 aliphatic rings. The SMILES string of the molecule is CC1CCC(CC2CCCCC2)(N(C)C)CC1. The number of hydrogen-bond donors (Lipinski definition) is 0. The molecule has 0 N–H and O–H groups in total. The summed E-state index contributed by atoms with van der Waals surface area (Å²) in [6.45, 7) is 2.43. The molecular formula is C16H31N. The van der Waals surface area contributed by atoms with Gasteiger partial charge in [0.1, 0.15) is 0 Å². The van der Waals surface area contributed by atoms with Gasteiger partial charge in [0.05, 0.1) is 0 Å². The zero-order chi connectivity index (χ0) is 12.3. The fraction of sp³-hybridized carbons (Fsp3) is 1.00. The molecule has 2 fully saturated rings. The van der Waals surface area contributed by atoms with Gasteiger partial charge in [0, 0.05) is 5.54 Å². The van der Waals surface area contributed by atoms with E-state index in [2.05, 4.69) is 25.9 Å². The Bertz CT molecular complexity index is 220. The summed E-state index contributed by atoms with van der Waals surface area (Å²) in [6, 6.07) is 0. The molecular weight excluding hydrogens is 206 g/mol. The van der Waals surface area contributed by atoms with Crippen molar-refractivity contribution in [3.05, 3.63) is 0 Å². The minimum absolute atomic E-state index is 0.550. The van der Waals surface area contributed by atoms with Crippen LogP contribution in [0, 0.1) is 11.8 Å². The average Bonchev–Trinajstić information content (AvgIpc) is 2.33. The highest BCUT2D eigenvalue weighted by Gasteiger charge is 2.38. The second-order valence-corrected chi connectivity index (χ2v) is 7.01. The van der Waals surface area contributed by atoms with Gasteiger partial charge in [0.25, 0.3) is 0 Å². The number of rotatable bonds is 3. The Balaban J connectivity index is 1.96. The van der Waals surface area contributed by atoms with Gasteiger partial charge in [-0.1, -0.05) is 39.0 Å². The monoisotopic (exact) mass is 237 g/mol. The van der Waals surface area contributed by atoms with Crippen LogP contribution in [0.3, 0.4) is 0 Å². The normalized spacial score (nSPS) is 36.4. The molecule has 0 spiro atoms. The minimum atomic E-state index is 0.550. The van der Waals surface area contributed by atoms with Crippen LogP contribution in [0.1, 0.15) is 71.1 Å². The van der Waals surface area contributed by atoms with Gasteiger partial charge in [-0.25, -0.2) is 0 Å². The molecule has 0 saturated heterocycles. The van der Waals surface area contributed by atoms with Gasteiger partial charge < -0.3 is 4.90 Å². The van der Waals surface area contributed by atoms with E-state index in [0.717, 1.165) is 11.8 Å². The number of hydrogen-bond acceptors (Lipinski definition) is 1. The largest absolute Gasteiger partial charge is 0.304 e. The van der Waals surface area contributed by atoms with Crippen LogP contribution in [-0.2, 0) is 0 Å². The summed E-state index contributed by atoms with van der Waals surface area (Å²) < 4.78 is 0. The van der Waals surface area contributed by atoms with Crippen LogP contribution in [0.2, 0.25) is 0 Å². The Labute approximate surface area is 108 Å². The molecule has 17 heavy (non-hydrogen) atoms. The molecule has 100 valence electrons. The second kappa shape index (κ2) is 5.73. The lowest BCUT2D eigenvalue weighted by atomic mass is 9.69. The predicted octanol–water partition coefficient (Wildman–Crippen LogP) is 4.47. The van der Waals surface area contributed by atoms with Gasteiger partial charge in [-0.15, -0.1) is 0 Å². The van der Waals surface area contributed by atoms with Crippen molar-refractivity contribution in [2.75, 3.05) is 14.1 Å². The third kappa shape index (κ3) is 3.24. The molecule has 0 aromatic heterocycles. The molecule has 0 radical (unpaired) electrons. The lowest BCUT2D eigenvalue weighted by molar-refractivity contribution is 0.0505. The lowest BCUT2D eigenvalue weighted by Crippen LogP contribution is -2.48. The van der Waals surface area contributed by atoms with Crippen LogP contribution in [0.15, 0.2) is 0 Å². The molecule has 0 bridgehead atoms. The van der Waals surface area contributed by atoms with Gasteiger partial charge >= 0.3 is 0 Å². The molecule has 0 atom stereocenters. The van der Waals surface area contributed by atoms with Gasteiger partial charge in [-0.3, -0.25) is 0 Å². The Hall–Kier alpha value is -0.0400. The maximum atomic E-state index is 2.56. The molecule has 0 amide bonds. The van der Waals surface area contributed by atoms with E-state index in [9.17, 15) is 0 Å². The predicted molar refractivity (Wildman–Crippen MR) is 75.2 cm³/mol. The molecule has 0 aromatic carbocycles. The van der Waals surface area contributed by atoms with Crippen molar-refractivity contribution in [1.29, 1.82) is 0 Å². The maximum absolute atomic E-state index is 2.56. The summed E-state index contributed by atoms with van der Waals surface area (Å²) >= 11 is 0. The molecule has 0 aromatic rings. The van der Waals surface area contributed by atoms with E-state index in [1.54, 1.807) is 0 Å². The van der Waals surface area contributed by atoms with E-state index in [-0.39, 0.29) is 0 Å². The van der Waals surface area contributed by atoms with Gasteiger partial charge in [-0.2, -0.15) is 0 Å². The fourth-order valence-electron chi connectivity index (χ4n) is 4.06. The quantitative estimate of drug-likeness (QED) is 0.700. The van der Waals surface area contributed by atoms with Crippen molar-refractivity contribution in [2.24, 2.45) is 11.8 Å². The fourth-order valence-corrected chi connectivity index (χ4v) is 4.06. The Morgan fingerprint density at radius 1 is 0.941 bits per heavy atom. The van der Waals surface area contributed by atoms with Gasteiger partial charge in [0.2, 0.25) is 0 Å². The van der Waals surface area contributed by atoms with E-state index < -0.39 is 0 Å². The first-order chi connectivity index (χ1) is 8.12. The molecule has 0 aliphatic heterocycles. The van der Waals surface area contributed by atoms with Crippen LogP contribution in [0.25, 0.3) is 0 Å². The summed E-state index contributed by atoms with van der Waals surface area (Å²) in [5.41, 5.74) is 0.550. The van der Waals surface area contributed by atoms with E-state index in [0.29, 0.717) is 5.54 Å². The molecule has 0 heterocycles. The zero-order valence-electron chi connectivity index (χ0n) is 12.2. The van der Waals surface area contributed by atoms with Crippen molar-refractivity contribution in [3.8, 4) is 0 Å². The van der Waals surface area contributed by atoms with Crippen LogP contribution in [0.4, 0.5) is 0 Å². The highest BCUT2D eigenvalue weighted by molar-refractivity contribution is 4.94. The van der Waals surface area contributed by atoms with Crippen molar-refractivity contribution >= 4 is 0 Å². The topological polar surface area (TPSA) is 3.24 Å². The van der Waals surface area contributed by atoms with Crippen LogP contribution in [-0.4, -0.2) is 24.5 Å². The van der Waals surface area contributed by atoms with Crippen molar-refractivity contribution in [1.82, 2.24) is 4.90 Å². The summed E-state index contributed by atoms with van der Waals surface area (Å²) in [5.74, 6) is 1.99. The second-order valence-electron chi connectivity index (χ2n) is 7.01. The summed E-state index contributed by atoms with van der Waals surface area (Å²) in [6.07, 6.45) is 14.7. The zero-order valence-corrected chi connectivity index (χ0v) is 12.2. The Morgan fingerprint density at radius 3 is 2.06 bits per heavy atom. The van der Waals surface area contributed by atoms with E-state index >= 15 is 0 Å². The first-order valence-electron chi connectivity index (χ1n) is 7.80. The van der Waals surface area contributed by atoms with Crippen LogP contribution in [0.5, 0.6) is 0 Å². The van der Waals surface area contributed by atoms with Gasteiger partial charge in [0.15, 0.2) is 0 Å². The van der Waals surface area contributed by atoms with Gasteiger partial charge in [-0.05, 0) is 58.0 Å². The van der Waals surface area contributed by atoms with Crippen LogP contribution >= 0.6 is 0 Å². The van der Waals surface area contributed by atoms with Crippen molar-refractivity contribution in [3.63, 3.8) is 0 Å². The molecule has 2 aliphatic carbocycles. The van der Waals surface area contributed by atoms with Crippen LogP contribution < -0.4 is 0 Å². The maximum Gasteiger partial charge on any atom is 0.0206 e. The number of nitrogens with zero attached hydrogens (tertiary/aromatic N) is 1. The standard InChI is InChI=1S/C16H31N/c1-14-9-11-16(12-10-14,17(2)3)13-15-7-5-4-6-8-15/h14-15H,4-13H2,1-3H3. The third-order valence-electron chi connectivity index (χ3n) is 5.55. The molecule has 2 saturated carbocycles. The summed E-state index contributed by atoms with van der Waals surface area (Å²) in [5, 5.41) is 0. The first-order valence-corrected chi connectivity index (χ1v) is 7.80. The Morgan fingerprint density at radius 2 is 1.53 bits per heavy atom. The highest BCUT2D eigenvalue weighted by atomic mass is 15.1. The first kappa shape index (κ1) is 13.4. The Kier molecular flexibility index (Phi) is 4.52.